The molecule has 2 aromatic rings. The SMILES string of the molecule is CN1CC2(COC(CS(=O)(=O)NC(=O)Nc3c4c(cc5c3CCC5)CCC4)C2)C1.CN1CC2(COC(CS(N)(=O)=O)C2)C1.O=C=Nc1c2c(cc3c1CCC3)CCC2. The van der Waals surface area contributed by atoms with Crippen molar-refractivity contribution >= 4 is 43.5 Å². The Kier molecular flexibility index (Phi) is 11.7. The Bertz CT molecular complexity index is 2150. The van der Waals surface area contributed by atoms with Gasteiger partial charge in [0.1, 0.15) is 0 Å². The van der Waals surface area contributed by atoms with Gasteiger partial charge in [0.25, 0.3) is 0 Å². The van der Waals surface area contributed by atoms with E-state index in [1.54, 1.807) is 6.08 Å². The van der Waals surface area contributed by atoms with Crippen molar-refractivity contribution in [3.05, 3.63) is 56.6 Å². The lowest BCUT2D eigenvalue weighted by molar-refractivity contribution is 0.00987. The molecule has 0 saturated carbocycles. The van der Waals surface area contributed by atoms with E-state index in [1.165, 1.54) is 57.3 Å². The van der Waals surface area contributed by atoms with Gasteiger partial charge in [0.2, 0.25) is 26.1 Å². The predicted molar refractivity (Wildman–Crippen MR) is 221 cm³/mol. The number of nitrogens with two attached hydrogens (primary N) is 1. The molecule has 2 spiro atoms. The van der Waals surface area contributed by atoms with Crippen LogP contribution in [0.4, 0.5) is 16.2 Å². The molecular formula is C42H58N6O8S2. The first-order chi connectivity index (χ1) is 27.6. The number of hydrogen-bond acceptors (Lipinski definition) is 11. The standard InChI is InChI=1S/C21H29N3O4S.C13H13NO.C8H16N2O3S/c1-24-11-21(12-24)9-16(28-13-21)10-29(26,27)23-20(25)22-19-17-6-2-4-14(17)8-15-5-3-7-18(15)19;15-8-14-13-11-5-1-3-9(11)7-10-4-2-6-12(10)13;1-10-4-8(5-10)2-7(13-6-8)3-14(9,11)12/h8,16H,2-7,9-13H2,1H3,(H2,22,23,25);7H,1-6H2;7H,2-6H2,1H3,(H2,9,11,12). The molecule has 58 heavy (non-hydrogen) atoms. The molecule has 0 radical (unpaired) electrons. The zero-order valence-electron chi connectivity index (χ0n) is 33.9. The second-order valence-electron chi connectivity index (χ2n) is 18.4. The maximum absolute atomic E-state index is 12.6. The monoisotopic (exact) mass is 838 g/mol. The molecule has 4 aliphatic heterocycles. The van der Waals surface area contributed by atoms with E-state index in [2.05, 4.69) is 51.1 Å². The van der Waals surface area contributed by atoms with Crippen molar-refractivity contribution in [2.24, 2.45) is 21.0 Å². The van der Waals surface area contributed by atoms with Gasteiger partial charge in [0.05, 0.1) is 42.6 Å². The van der Waals surface area contributed by atoms with Crippen molar-refractivity contribution in [3.63, 3.8) is 0 Å². The molecule has 4 N–H and O–H groups in total. The van der Waals surface area contributed by atoms with Crippen LogP contribution in [-0.2, 0) is 85.7 Å². The van der Waals surface area contributed by atoms with Crippen LogP contribution in [0.15, 0.2) is 17.1 Å². The number of isocyanates is 1. The van der Waals surface area contributed by atoms with E-state index in [0.29, 0.717) is 13.2 Å². The van der Waals surface area contributed by atoms with Crippen LogP contribution in [0.2, 0.25) is 0 Å². The Morgan fingerprint density at radius 3 is 1.60 bits per heavy atom. The van der Waals surface area contributed by atoms with Gasteiger partial charge in [-0.1, -0.05) is 12.1 Å². The minimum Gasteiger partial charge on any atom is -0.376 e. The Morgan fingerprint density at radius 1 is 0.741 bits per heavy atom. The lowest BCUT2D eigenvalue weighted by Crippen LogP contribution is -2.54. The fraction of sp³-hybridized carbons (Fsp3) is 0.667. The number of carbonyl (C=O) groups is 1. The topological polar surface area (TPSA) is 190 Å². The molecule has 4 fully saturated rings. The lowest BCUT2D eigenvalue weighted by atomic mass is 9.78. The summed E-state index contributed by atoms with van der Waals surface area (Å²) in [6.45, 7) is 5.19. The number of sulfonamides is 2. The first-order valence-electron chi connectivity index (χ1n) is 20.9. The molecule has 316 valence electrons. The normalized spacial score (nSPS) is 24.6. The minimum absolute atomic E-state index is 0.0432. The Labute approximate surface area is 342 Å². The highest BCUT2D eigenvalue weighted by Gasteiger charge is 2.49. The number of aliphatic imine (C=N–C) groups is 1. The summed E-state index contributed by atoms with van der Waals surface area (Å²) in [6.07, 6.45) is 15.8. The molecule has 0 aromatic heterocycles. The van der Waals surface area contributed by atoms with E-state index in [1.807, 2.05) is 0 Å². The number of likely N-dealkylation sites (tertiary alicyclic amines) is 2. The van der Waals surface area contributed by atoms with Gasteiger partial charge in [0, 0.05) is 42.7 Å². The number of hydrogen-bond donors (Lipinski definition) is 3. The molecule has 8 aliphatic rings. The molecule has 10 rings (SSSR count). The Balaban J connectivity index is 0.000000135. The van der Waals surface area contributed by atoms with Crippen LogP contribution < -0.4 is 15.2 Å². The molecule has 14 nitrogen and oxygen atoms in total. The number of nitrogens with zero attached hydrogens (tertiary/aromatic N) is 3. The first kappa shape index (κ1) is 41.5. The number of benzene rings is 2. The van der Waals surface area contributed by atoms with Crippen LogP contribution in [0.5, 0.6) is 0 Å². The molecule has 2 unspecified atom stereocenters. The van der Waals surface area contributed by atoms with Crippen molar-refractivity contribution < 1.29 is 35.9 Å². The van der Waals surface area contributed by atoms with E-state index in [9.17, 15) is 26.4 Å². The number of aryl methyl sites for hydroxylation is 4. The molecule has 2 atom stereocenters. The van der Waals surface area contributed by atoms with Gasteiger partial charge in [-0.05, 0) is 148 Å². The molecular weight excluding hydrogens is 781 g/mol. The van der Waals surface area contributed by atoms with E-state index >= 15 is 0 Å². The minimum atomic E-state index is -3.76. The molecule has 2 amide bonds. The fourth-order valence-electron chi connectivity index (χ4n) is 11.4. The van der Waals surface area contributed by atoms with Gasteiger partial charge in [-0.3, -0.25) is 0 Å². The number of rotatable bonds is 7. The molecule has 4 heterocycles. The van der Waals surface area contributed by atoms with Crippen LogP contribution >= 0.6 is 0 Å². The first-order valence-corrected chi connectivity index (χ1v) is 24.3. The number of ether oxygens (including phenoxy) is 2. The van der Waals surface area contributed by atoms with Crippen molar-refractivity contribution in [3.8, 4) is 0 Å². The van der Waals surface area contributed by atoms with Crippen LogP contribution in [0.25, 0.3) is 0 Å². The van der Waals surface area contributed by atoms with E-state index in [-0.39, 0.29) is 34.5 Å². The zero-order chi connectivity index (χ0) is 40.9. The highest BCUT2D eigenvalue weighted by Crippen LogP contribution is 2.43. The second kappa shape index (κ2) is 16.3. The molecule has 4 aliphatic carbocycles. The molecule has 2 aromatic carbocycles. The highest BCUT2D eigenvalue weighted by atomic mass is 32.2. The summed E-state index contributed by atoms with van der Waals surface area (Å²) in [6, 6.07) is 3.97. The average Bonchev–Trinajstić information content (AvgIpc) is 3.96. The number of nitrogens with one attached hydrogen (secondary N) is 2. The third-order valence-electron chi connectivity index (χ3n) is 13.4. The number of carbonyl (C=O) groups excluding carboxylic acids is 2. The number of primary sulfonamides is 1. The summed E-state index contributed by atoms with van der Waals surface area (Å²) in [5.41, 5.74) is 12.6. The largest absolute Gasteiger partial charge is 0.376 e. The third kappa shape index (κ3) is 9.09. The van der Waals surface area contributed by atoms with Crippen LogP contribution in [-0.4, -0.2) is 116 Å². The number of anilines is 1. The van der Waals surface area contributed by atoms with Gasteiger partial charge < -0.3 is 24.6 Å². The van der Waals surface area contributed by atoms with E-state index in [4.69, 9.17) is 14.6 Å². The maximum atomic E-state index is 12.6. The highest BCUT2D eigenvalue weighted by molar-refractivity contribution is 7.90. The number of urea groups is 1. The van der Waals surface area contributed by atoms with Crippen molar-refractivity contribution in [2.75, 3.05) is 70.3 Å². The fourth-order valence-corrected chi connectivity index (χ4v) is 13.3. The summed E-state index contributed by atoms with van der Waals surface area (Å²) in [7, 11) is -3.05. The van der Waals surface area contributed by atoms with Gasteiger partial charge in [-0.2, -0.15) is 4.99 Å². The summed E-state index contributed by atoms with van der Waals surface area (Å²) in [5, 5.41) is 7.86. The van der Waals surface area contributed by atoms with Crippen molar-refractivity contribution in [2.45, 2.75) is 102 Å². The van der Waals surface area contributed by atoms with Gasteiger partial charge >= 0.3 is 6.03 Å². The summed E-state index contributed by atoms with van der Waals surface area (Å²) in [5.74, 6) is -0.213. The van der Waals surface area contributed by atoms with Gasteiger partial charge in [-0.25, -0.2) is 36.3 Å². The quantitative estimate of drug-likeness (QED) is 0.275. The van der Waals surface area contributed by atoms with E-state index in [0.717, 1.165) is 115 Å². The summed E-state index contributed by atoms with van der Waals surface area (Å²) in [4.78, 5) is 31.4. The third-order valence-corrected chi connectivity index (χ3v) is 15.5. The summed E-state index contributed by atoms with van der Waals surface area (Å²) >= 11 is 0. The van der Waals surface area contributed by atoms with E-state index < -0.39 is 26.1 Å². The van der Waals surface area contributed by atoms with Crippen LogP contribution in [0.1, 0.15) is 83.0 Å². The molecule has 0 bridgehead atoms. The lowest BCUT2D eigenvalue weighted by Gasteiger charge is -2.45. The van der Waals surface area contributed by atoms with Crippen molar-refractivity contribution in [1.82, 2.24) is 14.5 Å². The average molecular weight is 839 g/mol. The Hall–Kier alpha value is -3.21. The zero-order valence-corrected chi connectivity index (χ0v) is 35.5. The Morgan fingerprint density at radius 2 is 1.17 bits per heavy atom. The maximum Gasteiger partial charge on any atom is 0.332 e. The second-order valence-corrected chi connectivity index (χ2v) is 21.9. The smallest absolute Gasteiger partial charge is 0.332 e. The summed E-state index contributed by atoms with van der Waals surface area (Å²) < 4.78 is 60.3. The number of fused-ring (bicyclic) bond motifs is 4. The van der Waals surface area contributed by atoms with Crippen LogP contribution in [0, 0.1) is 10.8 Å². The van der Waals surface area contributed by atoms with Crippen LogP contribution in [0.3, 0.4) is 0 Å². The van der Waals surface area contributed by atoms with Crippen molar-refractivity contribution in [1.29, 1.82) is 0 Å². The number of amides is 2. The van der Waals surface area contributed by atoms with Gasteiger partial charge in [0.15, 0.2) is 0 Å². The molecule has 4 saturated heterocycles. The predicted octanol–water partition coefficient (Wildman–Crippen LogP) is 3.46. The van der Waals surface area contributed by atoms with Gasteiger partial charge in [-0.15, -0.1) is 0 Å². The molecule has 16 heteroatoms.